The molecule has 0 spiro atoms. The Morgan fingerprint density at radius 1 is 1.21 bits per heavy atom. The topological polar surface area (TPSA) is 58.1 Å². The van der Waals surface area contributed by atoms with E-state index in [4.69, 9.17) is 9.47 Å². The van der Waals surface area contributed by atoms with Crippen molar-refractivity contribution in [2.45, 2.75) is 57.7 Å². The molecule has 0 saturated carbocycles. The van der Waals surface area contributed by atoms with E-state index in [-0.39, 0.29) is 6.10 Å². The van der Waals surface area contributed by atoms with Crippen LogP contribution in [0.25, 0.3) is 0 Å². The number of nitrogens with one attached hydrogen (secondary N) is 2. The Balaban J connectivity index is 1.54. The zero-order chi connectivity index (χ0) is 21.0. The standard InChI is InChI=1S/C20H37F3N4O2/c1-2-24-19(25-9-4-13-28-15-18-5-3-14-29-18)26-10-6-17-7-11-27(12-8-17)16-20(21,22)23/h17-18H,2-16H2,1H3,(H2,24,25,26). The lowest BCUT2D eigenvalue weighted by Gasteiger charge is -2.32. The van der Waals surface area contributed by atoms with Gasteiger partial charge in [-0.25, -0.2) is 0 Å². The second-order valence-electron chi connectivity index (χ2n) is 7.87. The van der Waals surface area contributed by atoms with E-state index in [1.54, 1.807) is 0 Å². The Morgan fingerprint density at radius 3 is 2.66 bits per heavy atom. The maximum absolute atomic E-state index is 12.5. The van der Waals surface area contributed by atoms with E-state index in [9.17, 15) is 13.2 Å². The smallest absolute Gasteiger partial charge is 0.379 e. The molecule has 6 nitrogen and oxygen atoms in total. The van der Waals surface area contributed by atoms with Crippen LogP contribution in [-0.2, 0) is 9.47 Å². The molecule has 2 heterocycles. The zero-order valence-electron chi connectivity index (χ0n) is 17.6. The Kier molecular flexibility index (Phi) is 11.1. The van der Waals surface area contributed by atoms with Crippen LogP contribution in [0.3, 0.4) is 0 Å². The third-order valence-corrected chi connectivity index (χ3v) is 5.34. The minimum Gasteiger partial charge on any atom is -0.379 e. The van der Waals surface area contributed by atoms with Gasteiger partial charge in [0.1, 0.15) is 0 Å². The number of guanidine groups is 1. The number of likely N-dealkylation sites (tertiary alicyclic amines) is 1. The van der Waals surface area contributed by atoms with Crippen LogP contribution in [0, 0.1) is 5.92 Å². The molecule has 0 aliphatic carbocycles. The second kappa shape index (κ2) is 13.3. The summed E-state index contributed by atoms with van der Waals surface area (Å²) >= 11 is 0. The summed E-state index contributed by atoms with van der Waals surface area (Å²) in [4.78, 5) is 6.08. The number of ether oxygens (including phenoxy) is 2. The van der Waals surface area contributed by atoms with Gasteiger partial charge in [-0.15, -0.1) is 0 Å². The maximum Gasteiger partial charge on any atom is 0.401 e. The second-order valence-corrected chi connectivity index (χ2v) is 7.87. The first-order valence-electron chi connectivity index (χ1n) is 11.0. The van der Waals surface area contributed by atoms with E-state index in [0.29, 0.717) is 38.8 Å². The summed E-state index contributed by atoms with van der Waals surface area (Å²) in [6, 6.07) is 0. The number of halogens is 3. The van der Waals surface area contributed by atoms with Gasteiger partial charge in [0.25, 0.3) is 0 Å². The first-order chi connectivity index (χ1) is 14.0. The monoisotopic (exact) mass is 422 g/mol. The Morgan fingerprint density at radius 2 is 2.00 bits per heavy atom. The number of hydrogen-bond donors (Lipinski definition) is 2. The van der Waals surface area contributed by atoms with Crippen molar-refractivity contribution in [1.82, 2.24) is 15.5 Å². The summed E-state index contributed by atoms with van der Waals surface area (Å²) in [6.07, 6.45) is 1.85. The molecule has 0 amide bonds. The van der Waals surface area contributed by atoms with Crippen molar-refractivity contribution >= 4 is 5.96 Å². The Bertz CT molecular complexity index is 463. The van der Waals surface area contributed by atoms with E-state index in [1.165, 1.54) is 4.90 Å². The molecule has 2 fully saturated rings. The first-order valence-corrected chi connectivity index (χ1v) is 11.0. The fourth-order valence-electron chi connectivity index (χ4n) is 3.77. The molecule has 9 heteroatoms. The molecule has 1 unspecified atom stereocenters. The van der Waals surface area contributed by atoms with Crippen molar-refractivity contribution < 1.29 is 22.6 Å². The Hall–Kier alpha value is -1.06. The van der Waals surface area contributed by atoms with E-state index in [1.807, 2.05) is 6.92 Å². The van der Waals surface area contributed by atoms with Crippen LogP contribution in [0.5, 0.6) is 0 Å². The molecule has 170 valence electrons. The molecule has 2 saturated heterocycles. The summed E-state index contributed by atoms with van der Waals surface area (Å²) in [7, 11) is 0. The van der Waals surface area contributed by atoms with Crippen molar-refractivity contribution in [3.63, 3.8) is 0 Å². The van der Waals surface area contributed by atoms with Gasteiger partial charge >= 0.3 is 6.18 Å². The van der Waals surface area contributed by atoms with Crippen LogP contribution in [0.2, 0.25) is 0 Å². The number of aliphatic imine (C=N–C) groups is 1. The van der Waals surface area contributed by atoms with Gasteiger partial charge in [-0.05, 0) is 64.5 Å². The molecule has 2 aliphatic heterocycles. The first kappa shape index (κ1) is 24.2. The average molecular weight is 423 g/mol. The molecular weight excluding hydrogens is 385 g/mol. The summed E-state index contributed by atoms with van der Waals surface area (Å²) in [5.41, 5.74) is 0. The van der Waals surface area contributed by atoms with Gasteiger partial charge in [-0.2, -0.15) is 13.2 Å². The lowest BCUT2D eigenvalue weighted by atomic mass is 9.93. The minimum atomic E-state index is -4.10. The largest absolute Gasteiger partial charge is 0.401 e. The lowest BCUT2D eigenvalue weighted by Crippen LogP contribution is -2.41. The van der Waals surface area contributed by atoms with Crippen LogP contribution < -0.4 is 10.6 Å². The van der Waals surface area contributed by atoms with E-state index < -0.39 is 12.7 Å². The van der Waals surface area contributed by atoms with Gasteiger partial charge in [0.05, 0.1) is 19.3 Å². The number of piperidine rings is 1. The molecule has 29 heavy (non-hydrogen) atoms. The number of rotatable bonds is 11. The third kappa shape index (κ3) is 11.1. The van der Waals surface area contributed by atoms with E-state index in [0.717, 1.165) is 64.2 Å². The molecule has 0 bridgehead atoms. The summed E-state index contributed by atoms with van der Waals surface area (Å²) in [5, 5.41) is 6.57. The van der Waals surface area contributed by atoms with E-state index >= 15 is 0 Å². The van der Waals surface area contributed by atoms with Gasteiger partial charge < -0.3 is 20.1 Å². The van der Waals surface area contributed by atoms with Gasteiger partial charge in [0, 0.05) is 32.8 Å². The molecule has 2 N–H and O–H groups in total. The highest BCUT2D eigenvalue weighted by Gasteiger charge is 2.32. The zero-order valence-corrected chi connectivity index (χ0v) is 17.6. The van der Waals surface area contributed by atoms with Gasteiger partial charge in [-0.1, -0.05) is 0 Å². The predicted octanol–water partition coefficient (Wildman–Crippen LogP) is 2.79. The highest BCUT2D eigenvalue weighted by atomic mass is 19.4. The van der Waals surface area contributed by atoms with Crippen LogP contribution in [-0.4, -0.2) is 82.2 Å². The molecule has 0 aromatic carbocycles. The summed E-state index contributed by atoms with van der Waals surface area (Å²) < 4.78 is 48.5. The Labute approximate surface area is 172 Å². The third-order valence-electron chi connectivity index (χ3n) is 5.34. The van der Waals surface area contributed by atoms with Gasteiger partial charge in [0.15, 0.2) is 5.96 Å². The summed E-state index contributed by atoms with van der Waals surface area (Å²) in [5.74, 6) is 1.27. The highest BCUT2D eigenvalue weighted by molar-refractivity contribution is 5.79. The van der Waals surface area contributed by atoms with E-state index in [2.05, 4.69) is 15.6 Å². The molecule has 0 aromatic rings. The predicted molar refractivity (Wildman–Crippen MR) is 108 cm³/mol. The molecular formula is C20H37F3N4O2. The minimum absolute atomic E-state index is 0.262. The van der Waals surface area contributed by atoms with Crippen molar-refractivity contribution in [2.24, 2.45) is 10.9 Å². The molecule has 1 atom stereocenters. The number of nitrogens with zero attached hydrogens (tertiary/aromatic N) is 2. The van der Waals surface area contributed by atoms with Crippen molar-refractivity contribution in [2.75, 3.05) is 59.1 Å². The van der Waals surface area contributed by atoms with Crippen LogP contribution in [0.4, 0.5) is 13.2 Å². The van der Waals surface area contributed by atoms with Crippen LogP contribution in [0.15, 0.2) is 4.99 Å². The number of hydrogen-bond acceptors (Lipinski definition) is 4. The fourth-order valence-corrected chi connectivity index (χ4v) is 3.77. The van der Waals surface area contributed by atoms with Gasteiger partial charge in [-0.3, -0.25) is 9.89 Å². The molecule has 2 aliphatic rings. The fraction of sp³-hybridized carbons (Fsp3) is 0.950. The van der Waals surface area contributed by atoms with Gasteiger partial charge in [0.2, 0.25) is 0 Å². The lowest BCUT2D eigenvalue weighted by molar-refractivity contribution is -0.148. The molecule has 0 radical (unpaired) electrons. The summed E-state index contributed by atoms with van der Waals surface area (Å²) in [6.45, 7) is 6.77. The van der Waals surface area contributed by atoms with Crippen molar-refractivity contribution in [1.29, 1.82) is 0 Å². The van der Waals surface area contributed by atoms with Crippen LogP contribution >= 0.6 is 0 Å². The van der Waals surface area contributed by atoms with Crippen molar-refractivity contribution in [3.05, 3.63) is 0 Å². The SMILES string of the molecule is CCNC(=NCCCOCC1CCCO1)NCCC1CCN(CC(F)(F)F)CC1. The average Bonchev–Trinajstić information content (AvgIpc) is 3.18. The normalized spacial score (nSPS) is 22.2. The number of alkyl halides is 3. The quantitative estimate of drug-likeness (QED) is 0.305. The van der Waals surface area contributed by atoms with Crippen LogP contribution in [0.1, 0.15) is 45.4 Å². The molecule has 0 aromatic heterocycles. The van der Waals surface area contributed by atoms with Crippen molar-refractivity contribution in [3.8, 4) is 0 Å². The maximum atomic E-state index is 12.5. The highest BCUT2D eigenvalue weighted by Crippen LogP contribution is 2.23. The molecule has 2 rings (SSSR count).